The fraction of sp³-hybridized carbons (Fsp3) is 0.263. The summed E-state index contributed by atoms with van der Waals surface area (Å²) in [7, 11) is 3.89. The van der Waals surface area contributed by atoms with Gasteiger partial charge in [-0.2, -0.15) is 0 Å². The fourth-order valence-corrected chi connectivity index (χ4v) is 3.73. The van der Waals surface area contributed by atoms with Crippen LogP contribution < -0.4 is 4.90 Å². The molecule has 1 heterocycles. The Morgan fingerprint density at radius 3 is 2.54 bits per heavy atom. The molecule has 0 unspecified atom stereocenters. The first-order valence-corrected chi connectivity index (χ1v) is 9.44. The number of rotatable bonds is 7. The lowest BCUT2D eigenvalue weighted by atomic mass is 10.2. The minimum absolute atomic E-state index is 0.0776. The molecular formula is C19H19FN4O3S. The van der Waals surface area contributed by atoms with E-state index in [0.29, 0.717) is 27.5 Å². The summed E-state index contributed by atoms with van der Waals surface area (Å²) in [6.45, 7) is 1.21. The van der Waals surface area contributed by atoms with Crippen molar-refractivity contribution in [1.82, 2.24) is 9.88 Å². The molecule has 0 saturated heterocycles. The van der Waals surface area contributed by atoms with Gasteiger partial charge in [0.2, 0.25) is 0 Å². The SMILES string of the molecule is CN(C)CCCN(C(=O)c1ccc([N+](=O)[O-])cc1)c1nc2ccc(F)cc2s1. The highest BCUT2D eigenvalue weighted by Crippen LogP contribution is 2.30. The monoisotopic (exact) mass is 402 g/mol. The Bertz CT molecular complexity index is 1000. The van der Waals surface area contributed by atoms with Crippen molar-refractivity contribution >= 4 is 38.3 Å². The molecule has 0 radical (unpaired) electrons. The van der Waals surface area contributed by atoms with Gasteiger partial charge in [0, 0.05) is 24.2 Å². The molecule has 0 fully saturated rings. The third-order valence-electron chi connectivity index (χ3n) is 4.13. The first-order chi connectivity index (χ1) is 13.3. The van der Waals surface area contributed by atoms with E-state index in [2.05, 4.69) is 4.98 Å². The molecule has 0 spiro atoms. The maximum absolute atomic E-state index is 13.5. The topological polar surface area (TPSA) is 79.6 Å². The van der Waals surface area contributed by atoms with Gasteiger partial charge in [0.1, 0.15) is 5.82 Å². The second kappa shape index (κ2) is 8.41. The maximum atomic E-state index is 13.5. The van der Waals surface area contributed by atoms with Crippen molar-refractivity contribution in [3.05, 3.63) is 64.0 Å². The van der Waals surface area contributed by atoms with Gasteiger partial charge in [0.15, 0.2) is 5.13 Å². The van der Waals surface area contributed by atoms with Crippen LogP contribution in [0.15, 0.2) is 42.5 Å². The summed E-state index contributed by atoms with van der Waals surface area (Å²) in [5.74, 6) is -0.656. The van der Waals surface area contributed by atoms with Crippen LogP contribution in [0.1, 0.15) is 16.8 Å². The van der Waals surface area contributed by atoms with E-state index in [9.17, 15) is 19.3 Å². The Labute approximate surface area is 165 Å². The van der Waals surface area contributed by atoms with Crippen LogP contribution in [0, 0.1) is 15.9 Å². The molecule has 0 aliphatic rings. The molecule has 9 heteroatoms. The number of carbonyl (C=O) groups excluding carboxylic acids is 1. The van der Waals surface area contributed by atoms with Gasteiger partial charge >= 0.3 is 0 Å². The highest BCUT2D eigenvalue weighted by atomic mass is 32.1. The predicted octanol–water partition coefficient (Wildman–Crippen LogP) is 3.94. The van der Waals surface area contributed by atoms with Crippen LogP contribution in [0.2, 0.25) is 0 Å². The van der Waals surface area contributed by atoms with Gasteiger partial charge in [-0.05, 0) is 57.4 Å². The molecule has 0 atom stereocenters. The van der Waals surface area contributed by atoms with Gasteiger partial charge in [-0.15, -0.1) is 0 Å². The number of nitro benzene ring substituents is 1. The minimum Gasteiger partial charge on any atom is -0.309 e. The van der Waals surface area contributed by atoms with E-state index in [-0.39, 0.29) is 17.4 Å². The molecule has 3 aromatic rings. The Kier molecular flexibility index (Phi) is 5.96. The molecule has 0 bridgehead atoms. The van der Waals surface area contributed by atoms with Gasteiger partial charge in [0.05, 0.1) is 15.1 Å². The molecule has 0 aliphatic carbocycles. The number of nitrogens with zero attached hydrogens (tertiary/aromatic N) is 4. The van der Waals surface area contributed by atoms with Gasteiger partial charge in [-0.1, -0.05) is 11.3 Å². The van der Waals surface area contributed by atoms with Gasteiger partial charge in [0.25, 0.3) is 11.6 Å². The second-order valence-electron chi connectivity index (χ2n) is 6.53. The summed E-state index contributed by atoms with van der Waals surface area (Å²) >= 11 is 1.24. The summed E-state index contributed by atoms with van der Waals surface area (Å²) in [6, 6.07) is 9.79. The molecule has 1 aromatic heterocycles. The Balaban J connectivity index is 1.92. The van der Waals surface area contributed by atoms with E-state index < -0.39 is 4.92 Å². The number of fused-ring (bicyclic) bond motifs is 1. The normalized spacial score (nSPS) is 11.1. The van der Waals surface area contributed by atoms with Crippen molar-refractivity contribution < 1.29 is 14.1 Å². The zero-order valence-corrected chi connectivity index (χ0v) is 16.3. The van der Waals surface area contributed by atoms with Crippen molar-refractivity contribution in [3.63, 3.8) is 0 Å². The number of nitro groups is 1. The standard InChI is InChI=1S/C19H19FN4O3S/c1-22(2)10-3-11-23(18(25)13-4-7-15(8-5-13)24(26)27)19-21-16-9-6-14(20)12-17(16)28-19/h4-9,12H,3,10-11H2,1-2H3. The number of thiazole rings is 1. The number of hydrogen-bond acceptors (Lipinski definition) is 6. The van der Waals surface area contributed by atoms with Crippen molar-refractivity contribution in [1.29, 1.82) is 0 Å². The number of amides is 1. The second-order valence-corrected chi connectivity index (χ2v) is 7.54. The largest absolute Gasteiger partial charge is 0.309 e. The van der Waals surface area contributed by atoms with Gasteiger partial charge in [-0.3, -0.25) is 19.8 Å². The molecule has 3 rings (SSSR count). The Morgan fingerprint density at radius 2 is 1.89 bits per heavy atom. The van der Waals surface area contributed by atoms with Crippen LogP contribution in [0.4, 0.5) is 15.2 Å². The Hall–Kier alpha value is -2.91. The van der Waals surface area contributed by atoms with E-state index in [1.165, 1.54) is 47.7 Å². The molecule has 1 amide bonds. The van der Waals surface area contributed by atoms with Crippen LogP contribution in [0.25, 0.3) is 10.2 Å². The summed E-state index contributed by atoms with van der Waals surface area (Å²) in [4.78, 5) is 31.5. The fourth-order valence-electron chi connectivity index (χ4n) is 2.71. The van der Waals surface area contributed by atoms with Crippen LogP contribution in [0.5, 0.6) is 0 Å². The number of halogens is 1. The smallest absolute Gasteiger partial charge is 0.269 e. The average Bonchev–Trinajstić information content (AvgIpc) is 3.07. The van der Waals surface area contributed by atoms with Crippen LogP contribution in [-0.4, -0.2) is 47.9 Å². The van der Waals surface area contributed by atoms with Crippen LogP contribution in [0.3, 0.4) is 0 Å². The van der Waals surface area contributed by atoms with Crippen molar-refractivity contribution in [3.8, 4) is 0 Å². The van der Waals surface area contributed by atoms with E-state index in [1.807, 2.05) is 19.0 Å². The quantitative estimate of drug-likeness (QED) is 0.442. The third-order valence-corrected chi connectivity index (χ3v) is 5.17. The summed E-state index contributed by atoms with van der Waals surface area (Å²) in [6.07, 6.45) is 0.718. The van der Waals surface area contributed by atoms with Crippen LogP contribution >= 0.6 is 11.3 Å². The zero-order valence-electron chi connectivity index (χ0n) is 15.5. The van der Waals surface area contributed by atoms with E-state index >= 15 is 0 Å². The summed E-state index contributed by atoms with van der Waals surface area (Å²) < 4.78 is 14.2. The van der Waals surface area contributed by atoms with Crippen LogP contribution in [-0.2, 0) is 0 Å². The lowest BCUT2D eigenvalue weighted by molar-refractivity contribution is -0.384. The van der Waals surface area contributed by atoms with Crippen molar-refractivity contribution in [2.75, 3.05) is 32.1 Å². The molecule has 0 N–H and O–H groups in total. The molecule has 0 saturated carbocycles. The number of anilines is 1. The highest BCUT2D eigenvalue weighted by molar-refractivity contribution is 7.22. The first kappa shape index (κ1) is 19.8. The lowest BCUT2D eigenvalue weighted by Gasteiger charge is -2.21. The number of aromatic nitrogens is 1. The average molecular weight is 402 g/mol. The molecular weight excluding hydrogens is 383 g/mol. The summed E-state index contributed by atoms with van der Waals surface area (Å²) in [5, 5.41) is 11.3. The van der Waals surface area contributed by atoms with E-state index in [0.717, 1.165) is 13.0 Å². The predicted molar refractivity (Wildman–Crippen MR) is 108 cm³/mol. The number of hydrogen-bond donors (Lipinski definition) is 0. The highest BCUT2D eigenvalue weighted by Gasteiger charge is 2.22. The first-order valence-electron chi connectivity index (χ1n) is 8.62. The zero-order chi connectivity index (χ0) is 20.3. The third kappa shape index (κ3) is 4.49. The number of benzene rings is 2. The minimum atomic E-state index is -0.509. The van der Waals surface area contributed by atoms with Gasteiger partial charge < -0.3 is 4.90 Å². The van der Waals surface area contributed by atoms with Crippen molar-refractivity contribution in [2.45, 2.75) is 6.42 Å². The molecule has 146 valence electrons. The number of non-ortho nitro benzene ring substituents is 1. The van der Waals surface area contributed by atoms with Gasteiger partial charge in [-0.25, -0.2) is 9.37 Å². The van der Waals surface area contributed by atoms with E-state index in [1.54, 1.807) is 11.0 Å². The maximum Gasteiger partial charge on any atom is 0.269 e. The van der Waals surface area contributed by atoms with Crippen molar-refractivity contribution in [2.24, 2.45) is 0 Å². The number of carbonyl (C=O) groups is 1. The molecule has 28 heavy (non-hydrogen) atoms. The molecule has 2 aromatic carbocycles. The molecule has 7 nitrogen and oxygen atoms in total. The Morgan fingerprint density at radius 1 is 1.18 bits per heavy atom. The lowest BCUT2D eigenvalue weighted by Crippen LogP contribution is -2.33. The van der Waals surface area contributed by atoms with E-state index in [4.69, 9.17) is 0 Å². The molecule has 0 aliphatic heterocycles. The summed E-state index contributed by atoms with van der Waals surface area (Å²) in [5.41, 5.74) is 0.877.